The topological polar surface area (TPSA) is 123 Å². The summed E-state index contributed by atoms with van der Waals surface area (Å²) in [7, 11) is 0. The molecule has 40 heavy (non-hydrogen) atoms. The van der Waals surface area contributed by atoms with Gasteiger partial charge >= 0.3 is 5.76 Å². The summed E-state index contributed by atoms with van der Waals surface area (Å²) in [6.07, 6.45) is 4.62. The number of amides is 2. The molecule has 1 saturated carbocycles. The molecule has 3 aromatic rings. The van der Waals surface area contributed by atoms with Gasteiger partial charge in [0.15, 0.2) is 5.78 Å². The molecule has 4 rings (SSSR count). The molecule has 2 aromatic carbocycles. The maximum Gasteiger partial charge on any atom is 0.437 e. The molecule has 9 nitrogen and oxygen atoms in total. The van der Waals surface area contributed by atoms with Gasteiger partial charge in [-0.05, 0) is 49.3 Å². The molecule has 2 N–H and O–H groups in total. The standard InChI is InChI=1S/C31H38N4O5/c1-21(2)19-26(27(36)20-35-31(39)40-28(34-35)18-17-22-11-5-3-6-12-22)33-30(38)24-15-9-10-16-25(24)32-29(37)23-13-7-4-8-14-23/h3-8,11-14,21,24-26H,9-10,15-20H2,1-2H3,(H,32,37)(H,33,38)/t24-,25+,26+/m1/s1. The Morgan fingerprint density at radius 1 is 0.975 bits per heavy atom. The van der Waals surface area contributed by atoms with Gasteiger partial charge in [0.05, 0.1) is 12.0 Å². The van der Waals surface area contributed by atoms with Crippen LogP contribution in [0, 0.1) is 11.8 Å². The number of carbonyl (C=O) groups is 3. The Morgan fingerprint density at radius 3 is 2.35 bits per heavy atom. The summed E-state index contributed by atoms with van der Waals surface area (Å²) in [5, 5.41) is 10.2. The lowest BCUT2D eigenvalue weighted by Gasteiger charge is -2.32. The zero-order valence-electron chi connectivity index (χ0n) is 23.2. The molecule has 0 spiro atoms. The highest BCUT2D eigenvalue weighted by atomic mass is 16.4. The van der Waals surface area contributed by atoms with Crippen LogP contribution in [0.5, 0.6) is 0 Å². The van der Waals surface area contributed by atoms with Gasteiger partial charge in [0.1, 0.15) is 6.54 Å². The Morgan fingerprint density at radius 2 is 1.65 bits per heavy atom. The van der Waals surface area contributed by atoms with Crippen molar-refractivity contribution in [1.82, 2.24) is 20.4 Å². The maximum absolute atomic E-state index is 13.4. The monoisotopic (exact) mass is 546 g/mol. The third-order valence-corrected chi connectivity index (χ3v) is 7.29. The van der Waals surface area contributed by atoms with Gasteiger partial charge in [-0.1, -0.05) is 75.2 Å². The summed E-state index contributed by atoms with van der Waals surface area (Å²) in [5.74, 6) is -1.52. The second-order valence-electron chi connectivity index (χ2n) is 10.9. The molecule has 0 bridgehead atoms. The number of hydrogen-bond donors (Lipinski definition) is 2. The first kappa shape index (κ1) is 29.0. The van der Waals surface area contributed by atoms with Crippen molar-refractivity contribution < 1.29 is 18.8 Å². The van der Waals surface area contributed by atoms with Crippen LogP contribution in [0.15, 0.2) is 69.9 Å². The fraction of sp³-hybridized carbons (Fsp3) is 0.452. The number of ketones is 1. The summed E-state index contributed by atoms with van der Waals surface area (Å²) in [6.45, 7) is 3.66. The molecule has 0 saturated heterocycles. The quantitative estimate of drug-likeness (QED) is 0.357. The van der Waals surface area contributed by atoms with Crippen LogP contribution in [0.2, 0.25) is 0 Å². The summed E-state index contributed by atoms with van der Waals surface area (Å²) in [4.78, 5) is 52.0. The molecular weight excluding hydrogens is 508 g/mol. The smallest absolute Gasteiger partial charge is 0.392 e. The van der Waals surface area contributed by atoms with Crippen molar-refractivity contribution in [3.63, 3.8) is 0 Å². The van der Waals surface area contributed by atoms with Gasteiger partial charge in [0.2, 0.25) is 11.8 Å². The minimum atomic E-state index is -0.781. The van der Waals surface area contributed by atoms with Gasteiger partial charge in [0, 0.05) is 18.0 Å². The SMILES string of the molecule is CC(C)C[C@H](NC(=O)[C@@H]1CCCC[C@@H]1NC(=O)c1ccccc1)C(=O)Cn1nc(CCc2ccccc2)oc1=O. The van der Waals surface area contributed by atoms with E-state index in [0.29, 0.717) is 37.7 Å². The van der Waals surface area contributed by atoms with Crippen LogP contribution in [0.4, 0.5) is 0 Å². The van der Waals surface area contributed by atoms with E-state index in [0.717, 1.165) is 23.1 Å². The first-order valence-corrected chi connectivity index (χ1v) is 14.1. The Kier molecular flexibility index (Phi) is 10.0. The van der Waals surface area contributed by atoms with E-state index in [1.54, 1.807) is 24.3 Å². The number of nitrogens with one attached hydrogen (secondary N) is 2. The summed E-state index contributed by atoms with van der Waals surface area (Å²) >= 11 is 0. The van der Waals surface area contributed by atoms with Crippen molar-refractivity contribution in [3.05, 3.63) is 88.2 Å². The normalized spacial score (nSPS) is 17.8. The molecule has 1 aliphatic rings. The second kappa shape index (κ2) is 13.9. The van der Waals surface area contributed by atoms with Gasteiger partial charge in [-0.3, -0.25) is 14.4 Å². The summed E-state index contributed by atoms with van der Waals surface area (Å²) in [5.41, 5.74) is 1.64. The zero-order chi connectivity index (χ0) is 28.5. The Labute approximate surface area is 234 Å². The number of rotatable bonds is 12. The van der Waals surface area contributed by atoms with Crippen molar-refractivity contribution >= 4 is 17.6 Å². The van der Waals surface area contributed by atoms with Crippen LogP contribution in [-0.2, 0) is 29.0 Å². The first-order valence-electron chi connectivity index (χ1n) is 14.1. The average Bonchev–Trinajstić information content (AvgIpc) is 3.31. The minimum Gasteiger partial charge on any atom is -0.392 e. The van der Waals surface area contributed by atoms with Gasteiger partial charge in [-0.25, -0.2) is 4.79 Å². The molecular formula is C31H38N4O5. The number of nitrogens with zero attached hydrogens (tertiary/aromatic N) is 2. The molecule has 0 unspecified atom stereocenters. The molecule has 0 radical (unpaired) electrons. The maximum atomic E-state index is 13.4. The lowest BCUT2D eigenvalue weighted by atomic mass is 9.83. The molecule has 0 aliphatic heterocycles. The molecule has 212 valence electrons. The van der Waals surface area contributed by atoms with Gasteiger partial charge in [-0.2, -0.15) is 4.68 Å². The molecule has 1 fully saturated rings. The summed E-state index contributed by atoms with van der Waals surface area (Å²) < 4.78 is 6.31. The number of benzene rings is 2. The lowest BCUT2D eigenvalue weighted by Crippen LogP contribution is -2.52. The van der Waals surface area contributed by atoms with Crippen LogP contribution >= 0.6 is 0 Å². The predicted molar refractivity (Wildman–Crippen MR) is 151 cm³/mol. The van der Waals surface area contributed by atoms with Gasteiger partial charge in [0.25, 0.3) is 5.91 Å². The largest absolute Gasteiger partial charge is 0.437 e. The Bertz CT molecular complexity index is 1330. The number of hydrogen-bond acceptors (Lipinski definition) is 6. The highest BCUT2D eigenvalue weighted by Crippen LogP contribution is 2.25. The van der Waals surface area contributed by atoms with Gasteiger partial charge in [-0.15, -0.1) is 5.10 Å². The molecule has 1 aliphatic carbocycles. The van der Waals surface area contributed by atoms with Crippen molar-refractivity contribution in [2.75, 3.05) is 0 Å². The van der Waals surface area contributed by atoms with Crippen molar-refractivity contribution in [2.24, 2.45) is 11.8 Å². The van der Waals surface area contributed by atoms with Crippen LogP contribution in [0.25, 0.3) is 0 Å². The van der Waals surface area contributed by atoms with Crippen molar-refractivity contribution in [2.45, 2.75) is 77.4 Å². The van der Waals surface area contributed by atoms with E-state index in [9.17, 15) is 19.2 Å². The summed E-state index contributed by atoms with van der Waals surface area (Å²) in [6, 6.07) is 17.6. The van der Waals surface area contributed by atoms with E-state index in [2.05, 4.69) is 15.7 Å². The Balaban J connectivity index is 1.40. The number of aryl methyl sites for hydroxylation is 2. The Hall–Kier alpha value is -4.01. The van der Waals surface area contributed by atoms with E-state index in [4.69, 9.17) is 4.42 Å². The van der Waals surface area contributed by atoms with E-state index in [-0.39, 0.29) is 42.0 Å². The highest BCUT2D eigenvalue weighted by molar-refractivity contribution is 5.95. The van der Waals surface area contributed by atoms with Crippen LogP contribution in [-0.4, -0.2) is 39.5 Å². The third kappa shape index (κ3) is 8.00. The van der Waals surface area contributed by atoms with E-state index < -0.39 is 17.7 Å². The van der Waals surface area contributed by atoms with Crippen molar-refractivity contribution in [3.8, 4) is 0 Å². The molecule has 1 aromatic heterocycles. The minimum absolute atomic E-state index is 0.129. The fourth-order valence-corrected chi connectivity index (χ4v) is 5.18. The van der Waals surface area contributed by atoms with Gasteiger partial charge < -0.3 is 15.1 Å². The number of carbonyl (C=O) groups excluding carboxylic acids is 3. The highest BCUT2D eigenvalue weighted by Gasteiger charge is 2.34. The third-order valence-electron chi connectivity index (χ3n) is 7.29. The average molecular weight is 547 g/mol. The van der Waals surface area contributed by atoms with E-state index >= 15 is 0 Å². The predicted octanol–water partition coefficient (Wildman–Crippen LogP) is 3.71. The molecule has 9 heteroatoms. The second-order valence-corrected chi connectivity index (χ2v) is 10.9. The van der Waals surface area contributed by atoms with Crippen molar-refractivity contribution in [1.29, 1.82) is 0 Å². The van der Waals surface area contributed by atoms with Crippen LogP contribution < -0.4 is 16.4 Å². The molecule has 3 atom stereocenters. The van der Waals surface area contributed by atoms with Crippen LogP contribution in [0.1, 0.15) is 67.8 Å². The number of Topliss-reactive ketones (excluding diaryl/α,β-unsaturated/α-hetero) is 1. The zero-order valence-corrected chi connectivity index (χ0v) is 23.2. The number of aromatic nitrogens is 2. The molecule has 1 heterocycles. The van der Waals surface area contributed by atoms with E-state index in [1.807, 2.05) is 50.2 Å². The van der Waals surface area contributed by atoms with Crippen LogP contribution in [0.3, 0.4) is 0 Å². The fourth-order valence-electron chi connectivity index (χ4n) is 5.18. The molecule has 2 amide bonds. The van der Waals surface area contributed by atoms with E-state index in [1.165, 1.54) is 0 Å². The first-order chi connectivity index (χ1) is 19.3. The lowest BCUT2D eigenvalue weighted by molar-refractivity contribution is -0.132.